The Labute approximate surface area is 76.7 Å². The predicted octanol–water partition coefficient (Wildman–Crippen LogP) is 2.27. The lowest BCUT2D eigenvalue weighted by atomic mass is 9.72. The third-order valence-electron chi connectivity index (χ3n) is 2.51. The molecule has 0 fully saturated rings. The second kappa shape index (κ2) is 4.52. The molecule has 0 aromatic rings. The Morgan fingerprint density at radius 2 is 1.92 bits per heavy atom. The molecule has 2 atom stereocenters. The highest BCUT2D eigenvalue weighted by atomic mass is 14.6. The summed E-state index contributed by atoms with van der Waals surface area (Å²) in [4.78, 5) is 0. The first-order chi connectivity index (χ1) is 5.47. The van der Waals surface area contributed by atoms with E-state index in [1.807, 2.05) is 0 Å². The molecule has 0 rings (SSSR count). The highest BCUT2D eigenvalue weighted by molar-refractivity contribution is 4.99. The number of terminal acetylenes is 1. The second-order valence-corrected chi connectivity index (χ2v) is 4.39. The van der Waals surface area contributed by atoms with Crippen LogP contribution in [0.5, 0.6) is 0 Å². The summed E-state index contributed by atoms with van der Waals surface area (Å²) in [6.45, 7) is 9.41. The fourth-order valence-electron chi connectivity index (χ4n) is 1.64. The Balaban J connectivity index is 4.45. The van der Waals surface area contributed by atoms with Crippen molar-refractivity contribution in [3.8, 4) is 12.3 Å². The first kappa shape index (κ1) is 11.5. The van der Waals surface area contributed by atoms with Crippen LogP contribution in [0.25, 0.3) is 0 Å². The Kier molecular flexibility index (Phi) is 4.34. The van der Waals surface area contributed by atoms with E-state index in [1.54, 1.807) is 0 Å². The van der Waals surface area contributed by atoms with Crippen LogP contribution in [-0.2, 0) is 0 Å². The minimum atomic E-state index is 0.224. The maximum absolute atomic E-state index is 5.72. The number of hydrogen-bond donors (Lipinski definition) is 1. The summed E-state index contributed by atoms with van der Waals surface area (Å²) in [6, 6.07) is 0. The lowest BCUT2D eigenvalue weighted by Crippen LogP contribution is -2.33. The molecule has 0 aromatic carbocycles. The van der Waals surface area contributed by atoms with Crippen LogP contribution in [0.2, 0.25) is 0 Å². The quantitative estimate of drug-likeness (QED) is 0.641. The lowest BCUT2D eigenvalue weighted by molar-refractivity contribution is 0.194. The normalized spacial score (nSPS) is 16.7. The SMILES string of the molecule is C#CC(CC)C(CN)C(C)(C)C. The zero-order valence-electron chi connectivity index (χ0n) is 8.72. The Morgan fingerprint density at radius 3 is 2.00 bits per heavy atom. The second-order valence-electron chi connectivity index (χ2n) is 4.39. The van der Waals surface area contributed by atoms with Gasteiger partial charge in [-0.2, -0.15) is 0 Å². The molecule has 0 spiro atoms. The largest absolute Gasteiger partial charge is 0.330 e. The zero-order chi connectivity index (χ0) is 9.78. The molecule has 0 aliphatic rings. The van der Waals surface area contributed by atoms with E-state index in [0.29, 0.717) is 18.4 Å². The van der Waals surface area contributed by atoms with Gasteiger partial charge in [0.15, 0.2) is 0 Å². The van der Waals surface area contributed by atoms with Crippen LogP contribution in [0.15, 0.2) is 0 Å². The minimum Gasteiger partial charge on any atom is -0.330 e. The predicted molar refractivity (Wildman–Crippen MR) is 54.6 cm³/mol. The van der Waals surface area contributed by atoms with Crippen molar-refractivity contribution in [3.05, 3.63) is 0 Å². The molecule has 2 N–H and O–H groups in total. The van der Waals surface area contributed by atoms with Crippen molar-refractivity contribution in [1.29, 1.82) is 0 Å². The van der Waals surface area contributed by atoms with Gasteiger partial charge in [0.1, 0.15) is 0 Å². The lowest BCUT2D eigenvalue weighted by Gasteiger charge is -2.33. The molecule has 1 nitrogen and oxygen atoms in total. The topological polar surface area (TPSA) is 26.0 Å². The molecule has 0 amide bonds. The first-order valence-corrected chi connectivity index (χ1v) is 4.63. The zero-order valence-corrected chi connectivity index (χ0v) is 8.72. The summed E-state index contributed by atoms with van der Waals surface area (Å²) in [5.74, 6) is 3.60. The van der Waals surface area contributed by atoms with Gasteiger partial charge in [-0.25, -0.2) is 0 Å². The average molecular weight is 167 g/mol. The van der Waals surface area contributed by atoms with Crippen LogP contribution in [0, 0.1) is 29.6 Å². The summed E-state index contributed by atoms with van der Waals surface area (Å²) < 4.78 is 0. The van der Waals surface area contributed by atoms with Crippen molar-refractivity contribution < 1.29 is 0 Å². The molecule has 0 radical (unpaired) electrons. The summed E-state index contributed by atoms with van der Waals surface area (Å²) >= 11 is 0. The monoisotopic (exact) mass is 167 g/mol. The smallest absolute Gasteiger partial charge is 0.0242 e. The molecule has 12 heavy (non-hydrogen) atoms. The third-order valence-corrected chi connectivity index (χ3v) is 2.51. The van der Waals surface area contributed by atoms with Gasteiger partial charge in [0.05, 0.1) is 0 Å². The highest BCUT2D eigenvalue weighted by Gasteiger charge is 2.28. The third kappa shape index (κ3) is 2.87. The Bertz CT molecular complexity index is 159. The van der Waals surface area contributed by atoms with Crippen LogP contribution in [-0.4, -0.2) is 6.54 Å². The molecule has 0 heterocycles. The Morgan fingerprint density at radius 1 is 1.42 bits per heavy atom. The molecule has 0 aliphatic carbocycles. The van der Waals surface area contributed by atoms with Crippen molar-refractivity contribution in [3.63, 3.8) is 0 Å². The summed E-state index contributed by atoms with van der Waals surface area (Å²) in [5, 5.41) is 0. The fourth-order valence-corrected chi connectivity index (χ4v) is 1.64. The van der Waals surface area contributed by atoms with E-state index in [2.05, 4.69) is 33.6 Å². The van der Waals surface area contributed by atoms with Crippen LogP contribution in [0.3, 0.4) is 0 Å². The number of nitrogens with two attached hydrogens (primary N) is 1. The maximum Gasteiger partial charge on any atom is 0.0242 e. The molecule has 0 saturated heterocycles. The minimum absolute atomic E-state index is 0.224. The van der Waals surface area contributed by atoms with E-state index in [0.717, 1.165) is 6.42 Å². The molecular formula is C11H21N. The standard InChI is InChI=1S/C11H21N/c1-6-9(7-2)10(8-12)11(3,4)5/h1,9-10H,7-8,12H2,2-5H3. The van der Waals surface area contributed by atoms with Gasteiger partial charge in [-0.3, -0.25) is 0 Å². The van der Waals surface area contributed by atoms with Gasteiger partial charge in [0, 0.05) is 5.92 Å². The van der Waals surface area contributed by atoms with Gasteiger partial charge in [-0.15, -0.1) is 12.3 Å². The molecule has 2 unspecified atom stereocenters. The van der Waals surface area contributed by atoms with E-state index in [9.17, 15) is 0 Å². The van der Waals surface area contributed by atoms with Crippen LogP contribution < -0.4 is 5.73 Å². The number of hydrogen-bond acceptors (Lipinski definition) is 1. The van der Waals surface area contributed by atoms with E-state index in [-0.39, 0.29) is 5.41 Å². The number of rotatable bonds is 3. The summed E-state index contributed by atoms with van der Waals surface area (Å²) in [7, 11) is 0. The molecule has 0 bridgehead atoms. The average Bonchev–Trinajstić information content (AvgIpc) is 1.97. The van der Waals surface area contributed by atoms with E-state index in [4.69, 9.17) is 12.2 Å². The Hall–Kier alpha value is -0.480. The van der Waals surface area contributed by atoms with Gasteiger partial charge < -0.3 is 5.73 Å². The van der Waals surface area contributed by atoms with Gasteiger partial charge >= 0.3 is 0 Å². The van der Waals surface area contributed by atoms with Crippen molar-refractivity contribution in [2.45, 2.75) is 34.1 Å². The van der Waals surface area contributed by atoms with Gasteiger partial charge in [0.2, 0.25) is 0 Å². The van der Waals surface area contributed by atoms with E-state index in [1.165, 1.54) is 0 Å². The van der Waals surface area contributed by atoms with E-state index >= 15 is 0 Å². The van der Waals surface area contributed by atoms with E-state index < -0.39 is 0 Å². The maximum atomic E-state index is 5.72. The van der Waals surface area contributed by atoms with Crippen molar-refractivity contribution in [2.24, 2.45) is 23.0 Å². The summed E-state index contributed by atoms with van der Waals surface area (Å²) in [6.07, 6.45) is 6.47. The van der Waals surface area contributed by atoms with Crippen molar-refractivity contribution in [2.75, 3.05) is 6.54 Å². The van der Waals surface area contributed by atoms with Crippen LogP contribution >= 0.6 is 0 Å². The molecule has 70 valence electrons. The van der Waals surface area contributed by atoms with Gasteiger partial charge in [0.25, 0.3) is 0 Å². The van der Waals surface area contributed by atoms with Gasteiger partial charge in [-0.05, 0) is 24.3 Å². The molecule has 0 aliphatic heterocycles. The summed E-state index contributed by atoms with van der Waals surface area (Å²) in [5.41, 5.74) is 5.94. The molecule has 1 heteroatoms. The molecule has 0 aromatic heterocycles. The van der Waals surface area contributed by atoms with Crippen LogP contribution in [0.1, 0.15) is 34.1 Å². The van der Waals surface area contributed by atoms with Crippen molar-refractivity contribution >= 4 is 0 Å². The highest BCUT2D eigenvalue weighted by Crippen LogP contribution is 2.32. The first-order valence-electron chi connectivity index (χ1n) is 4.63. The molecule has 0 saturated carbocycles. The fraction of sp³-hybridized carbons (Fsp3) is 0.818. The molecular weight excluding hydrogens is 146 g/mol. The van der Waals surface area contributed by atoms with Crippen molar-refractivity contribution in [1.82, 2.24) is 0 Å². The van der Waals surface area contributed by atoms with Crippen LogP contribution in [0.4, 0.5) is 0 Å². The van der Waals surface area contributed by atoms with Gasteiger partial charge in [-0.1, -0.05) is 27.7 Å².